The van der Waals surface area contributed by atoms with E-state index >= 15 is 0 Å². The fraction of sp³-hybridized carbons (Fsp3) is 0.316. The highest BCUT2D eigenvalue weighted by molar-refractivity contribution is 8.01. The minimum absolute atomic E-state index is 0.136. The highest BCUT2D eigenvalue weighted by Crippen LogP contribution is 2.27. The number of anilines is 1. The van der Waals surface area contributed by atoms with Crippen LogP contribution in [0.3, 0.4) is 0 Å². The van der Waals surface area contributed by atoms with E-state index in [-0.39, 0.29) is 5.78 Å². The summed E-state index contributed by atoms with van der Waals surface area (Å²) in [5, 5.41) is 12.4. The van der Waals surface area contributed by atoms with E-state index in [1.165, 1.54) is 28.7 Å². The molecule has 136 valence electrons. The van der Waals surface area contributed by atoms with Crippen LogP contribution in [0.5, 0.6) is 0 Å². The van der Waals surface area contributed by atoms with E-state index in [9.17, 15) is 4.79 Å². The number of hydrogen-bond acceptors (Lipinski definition) is 6. The SMILES string of the molecule is CCn1c(C)cc(C(=O)CSc2nnc(NCc3ccccc3)s2)c1C. The smallest absolute Gasteiger partial charge is 0.206 e. The molecule has 0 fully saturated rings. The minimum Gasteiger partial charge on any atom is -0.356 e. The highest BCUT2D eigenvalue weighted by atomic mass is 32.2. The summed E-state index contributed by atoms with van der Waals surface area (Å²) < 4.78 is 2.97. The summed E-state index contributed by atoms with van der Waals surface area (Å²) in [5.41, 5.74) is 4.17. The van der Waals surface area contributed by atoms with Crippen LogP contribution in [0.4, 0.5) is 5.13 Å². The van der Waals surface area contributed by atoms with Crippen LogP contribution in [0, 0.1) is 13.8 Å². The van der Waals surface area contributed by atoms with Gasteiger partial charge in [0.05, 0.1) is 5.75 Å². The van der Waals surface area contributed by atoms with Crippen LogP contribution >= 0.6 is 23.1 Å². The second-order valence-electron chi connectivity index (χ2n) is 5.95. The van der Waals surface area contributed by atoms with Crippen molar-refractivity contribution in [3.63, 3.8) is 0 Å². The number of aryl methyl sites for hydroxylation is 1. The number of carbonyl (C=O) groups is 1. The highest BCUT2D eigenvalue weighted by Gasteiger charge is 2.16. The summed E-state index contributed by atoms with van der Waals surface area (Å²) in [6.07, 6.45) is 0. The van der Waals surface area contributed by atoms with Crippen LogP contribution < -0.4 is 5.32 Å². The lowest BCUT2D eigenvalue weighted by atomic mass is 10.2. The molecule has 0 spiro atoms. The molecule has 0 amide bonds. The number of thioether (sulfide) groups is 1. The zero-order valence-electron chi connectivity index (χ0n) is 15.2. The molecule has 5 nitrogen and oxygen atoms in total. The molecule has 2 aromatic heterocycles. The Morgan fingerprint density at radius 3 is 2.69 bits per heavy atom. The molecule has 0 saturated heterocycles. The lowest BCUT2D eigenvalue weighted by Crippen LogP contribution is -2.05. The van der Waals surface area contributed by atoms with Gasteiger partial charge in [0.25, 0.3) is 0 Å². The molecule has 2 heterocycles. The monoisotopic (exact) mass is 386 g/mol. The van der Waals surface area contributed by atoms with Gasteiger partial charge in [-0.3, -0.25) is 4.79 Å². The van der Waals surface area contributed by atoms with Crippen LogP contribution in [0.2, 0.25) is 0 Å². The second-order valence-corrected chi connectivity index (χ2v) is 8.15. The predicted octanol–water partition coefficient (Wildman–Crippen LogP) is 4.56. The second kappa shape index (κ2) is 8.51. The Labute approximate surface area is 161 Å². The molecule has 3 aromatic rings. The average molecular weight is 387 g/mol. The molecule has 0 aliphatic heterocycles. The molecule has 0 bridgehead atoms. The molecule has 0 saturated carbocycles. The van der Waals surface area contributed by atoms with Gasteiger partial charge in [-0.2, -0.15) is 0 Å². The van der Waals surface area contributed by atoms with E-state index in [0.717, 1.165) is 33.0 Å². The first kappa shape index (κ1) is 18.7. The molecular weight excluding hydrogens is 364 g/mol. The van der Waals surface area contributed by atoms with E-state index < -0.39 is 0 Å². The van der Waals surface area contributed by atoms with Crippen LogP contribution in [-0.2, 0) is 13.1 Å². The Kier molecular flexibility index (Phi) is 6.11. The number of nitrogens with one attached hydrogen (secondary N) is 1. The molecule has 1 N–H and O–H groups in total. The van der Waals surface area contributed by atoms with Crippen molar-refractivity contribution in [3.8, 4) is 0 Å². The predicted molar refractivity (Wildman–Crippen MR) is 108 cm³/mol. The molecule has 0 radical (unpaired) electrons. The van der Waals surface area contributed by atoms with Crippen molar-refractivity contribution in [2.45, 2.75) is 38.2 Å². The topological polar surface area (TPSA) is 59.8 Å². The van der Waals surface area contributed by atoms with Gasteiger partial charge in [-0.15, -0.1) is 10.2 Å². The minimum atomic E-state index is 0.136. The Morgan fingerprint density at radius 1 is 1.23 bits per heavy atom. The van der Waals surface area contributed by atoms with E-state index in [1.807, 2.05) is 38.1 Å². The molecule has 26 heavy (non-hydrogen) atoms. The largest absolute Gasteiger partial charge is 0.356 e. The quantitative estimate of drug-likeness (QED) is 0.454. The van der Waals surface area contributed by atoms with E-state index in [4.69, 9.17) is 0 Å². The van der Waals surface area contributed by atoms with Gasteiger partial charge < -0.3 is 9.88 Å². The molecule has 7 heteroatoms. The maximum atomic E-state index is 12.5. The third-order valence-electron chi connectivity index (χ3n) is 4.21. The van der Waals surface area contributed by atoms with Gasteiger partial charge in [-0.1, -0.05) is 53.4 Å². The van der Waals surface area contributed by atoms with Crippen molar-refractivity contribution in [3.05, 3.63) is 58.9 Å². The third kappa shape index (κ3) is 4.34. The van der Waals surface area contributed by atoms with Gasteiger partial charge in [-0.25, -0.2) is 0 Å². The summed E-state index contributed by atoms with van der Waals surface area (Å²) in [4.78, 5) is 12.5. The lowest BCUT2D eigenvalue weighted by Gasteiger charge is -2.05. The summed E-state index contributed by atoms with van der Waals surface area (Å²) >= 11 is 2.92. The molecule has 0 atom stereocenters. The number of benzene rings is 1. The fourth-order valence-electron chi connectivity index (χ4n) is 2.89. The number of hydrogen-bond donors (Lipinski definition) is 1. The Bertz CT molecular complexity index is 886. The Balaban J connectivity index is 1.55. The number of nitrogens with zero attached hydrogens (tertiary/aromatic N) is 3. The number of rotatable bonds is 8. The summed E-state index contributed by atoms with van der Waals surface area (Å²) in [6, 6.07) is 12.1. The van der Waals surface area contributed by atoms with Crippen molar-refractivity contribution < 1.29 is 4.79 Å². The zero-order chi connectivity index (χ0) is 18.5. The lowest BCUT2D eigenvalue weighted by molar-refractivity contribution is 0.102. The first-order chi connectivity index (χ1) is 12.6. The molecular formula is C19H22N4OS2. The van der Waals surface area contributed by atoms with Crippen LogP contribution in [0.25, 0.3) is 0 Å². The van der Waals surface area contributed by atoms with Gasteiger partial charge in [0.15, 0.2) is 10.1 Å². The summed E-state index contributed by atoms with van der Waals surface area (Å²) in [6.45, 7) is 7.72. The molecule has 0 unspecified atom stereocenters. The van der Waals surface area contributed by atoms with Gasteiger partial charge in [0.2, 0.25) is 5.13 Å². The number of Topliss-reactive ketones (excluding diaryl/α,β-unsaturated/α-hetero) is 1. The van der Waals surface area contributed by atoms with Gasteiger partial charge in [0, 0.05) is 30.0 Å². The molecule has 0 aliphatic rings. The van der Waals surface area contributed by atoms with Crippen molar-refractivity contribution in [2.24, 2.45) is 0 Å². The van der Waals surface area contributed by atoms with Gasteiger partial charge >= 0.3 is 0 Å². The van der Waals surface area contributed by atoms with Crippen LogP contribution in [0.1, 0.15) is 34.2 Å². The molecule has 0 aliphatic carbocycles. The van der Waals surface area contributed by atoms with Gasteiger partial charge in [-0.05, 0) is 32.4 Å². The average Bonchev–Trinajstić information content (AvgIpc) is 3.22. The Morgan fingerprint density at radius 2 is 2.00 bits per heavy atom. The molecule has 1 aromatic carbocycles. The van der Waals surface area contributed by atoms with E-state index in [1.54, 1.807) is 0 Å². The maximum absolute atomic E-state index is 12.5. The number of ketones is 1. The summed E-state index contributed by atoms with van der Waals surface area (Å²) in [7, 11) is 0. The van der Waals surface area contributed by atoms with Crippen molar-refractivity contribution in [1.82, 2.24) is 14.8 Å². The van der Waals surface area contributed by atoms with Crippen molar-refractivity contribution in [2.75, 3.05) is 11.1 Å². The number of aromatic nitrogens is 3. The fourth-order valence-corrected chi connectivity index (χ4v) is 4.52. The number of carbonyl (C=O) groups excluding carboxylic acids is 1. The van der Waals surface area contributed by atoms with Crippen LogP contribution in [0.15, 0.2) is 40.7 Å². The van der Waals surface area contributed by atoms with Crippen molar-refractivity contribution in [1.29, 1.82) is 0 Å². The van der Waals surface area contributed by atoms with E-state index in [2.05, 4.69) is 39.1 Å². The molecule has 3 rings (SSSR count). The summed E-state index contributed by atoms with van der Waals surface area (Å²) in [5.74, 6) is 0.512. The van der Waals surface area contributed by atoms with Crippen LogP contribution in [-0.4, -0.2) is 26.3 Å². The third-order valence-corrected chi connectivity index (χ3v) is 6.22. The first-order valence-corrected chi connectivity index (χ1v) is 10.3. The van der Waals surface area contributed by atoms with E-state index in [0.29, 0.717) is 12.3 Å². The van der Waals surface area contributed by atoms with Crippen molar-refractivity contribution >= 4 is 34.0 Å². The first-order valence-electron chi connectivity index (χ1n) is 8.52. The standard InChI is InChI=1S/C19H22N4OS2/c1-4-23-13(2)10-16(14(23)3)17(24)12-25-19-22-21-18(26-19)20-11-15-8-6-5-7-9-15/h5-10H,4,11-12H2,1-3H3,(H,20,21). The Hall–Kier alpha value is -2.12. The normalized spacial score (nSPS) is 10.9. The van der Waals surface area contributed by atoms with Gasteiger partial charge in [0.1, 0.15) is 0 Å². The maximum Gasteiger partial charge on any atom is 0.206 e. The zero-order valence-corrected chi connectivity index (χ0v) is 16.8.